The van der Waals surface area contributed by atoms with E-state index in [1.807, 2.05) is 13.1 Å². The normalized spacial score (nSPS) is 20.7. The van der Waals surface area contributed by atoms with Crippen LogP contribution < -0.4 is 5.32 Å². The molecule has 3 rings (SSSR count). The van der Waals surface area contributed by atoms with Crippen molar-refractivity contribution in [1.29, 1.82) is 0 Å². The number of carboxylic acid groups (broad SMARTS) is 1. The van der Waals surface area contributed by atoms with Crippen LogP contribution in [0.5, 0.6) is 0 Å². The SMILES string of the molecule is CCn1cc(-c2[nH]ncc2C(=O)NC2CCC(C(=O)O)CC2)cn1. The predicted octanol–water partition coefficient (Wildman–Crippen LogP) is 1.67. The molecule has 1 fully saturated rings. The summed E-state index contributed by atoms with van der Waals surface area (Å²) in [6, 6.07) is 0.00853. The summed E-state index contributed by atoms with van der Waals surface area (Å²) in [6.45, 7) is 2.74. The van der Waals surface area contributed by atoms with Gasteiger partial charge in [-0.1, -0.05) is 0 Å². The van der Waals surface area contributed by atoms with Crippen molar-refractivity contribution < 1.29 is 14.7 Å². The van der Waals surface area contributed by atoms with E-state index in [1.54, 1.807) is 10.9 Å². The number of aromatic amines is 1. The summed E-state index contributed by atoms with van der Waals surface area (Å²) < 4.78 is 1.78. The Hall–Kier alpha value is -2.64. The number of aromatic nitrogens is 4. The van der Waals surface area contributed by atoms with E-state index in [0.717, 1.165) is 12.1 Å². The second-order valence-electron chi connectivity index (χ2n) is 6.10. The van der Waals surface area contributed by atoms with Gasteiger partial charge in [0, 0.05) is 24.3 Å². The van der Waals surface area contributed by atoms with E-state index < -0.39 is 5.97 Å². The van der Waals surface area contributed by atoms with Crippen molar-refractivity contribution in [2.75, 3.05) is 0 Å². The van der Waals surface area contributed by atoms with E-state index in [2.05, 4.69) is 20.6 Å². The average Bonchev–Trinajstić information content (AvgIpc) is 3.24. The molecule has 0 radical (unpaired) electrons. The maximum absolute atomic E-state index is 12.5. The second kappa shape index (κ2) is 6.86. The average molecular weight is 331 g/mol. The number of nitrogens with zero attached hydrogens (tertiary/aromatic N) is 3. The quantitative estimate of drug-likeness (QED) is 0.771. The summed E-state index contributed by atoms with van der Waals surface area (Å²) in [5.74, 6) is -1.23. The molecule has 2 aromatic heterocycles. The van der Waals surface area contributed by atoms with Crippen molar-refractivity contribution in [2.45, 2.75) is 45.2 Å². The van der Waals surface area contributed by atoms with Crippen LogP contribution in [-0.4, -0.2) is 43.0 Å². The molecule has 1 amide bonds. The van der Waals surface area contributed by atoms with Gasteiger partial charge in [-0.3, -0.25) is 19.4 Å². The van der Waals surface area contributed by atoms with Crippen LogP contribution in [0.2, 0.25) is 0 Å². The molecule has 3 N–H and O–H groups in total. The van der Waals surface area contributed by atoms with Crippen LogP contribution in [-0.2, 0) is 11.3 Å². The first kappa shape index (κ1) is 16.2. The first-order chi connectivity index (χ1) is 11.6. The molecular weight excluding hydrogens is 310 g/mol. The van der Waals surface area contributed by atoms with Gasteiger partial charge in [0.1, 0.15) is 0 Å². The lowest BCUT2D eigenvalue weighted by molar-refractivity contribution is -0.142. The number of hydrogen-bond donors (Lipinski definition) is 3. The number of rotatable bonds is 5. The molecule has 0 bridgehead atoms. The molecule has 0 saturated heterocycles. The van der Waals surface area contributed by atoms with Gasteiger partial charge in [0.25, 0.3) is 5.91 Å². The molecule has 1 aliphatic rings. The largest absolute Gasteiger partial charge is 0.481 e. The third kappa shape index (κ3) is 3.32. The van der Waals surface area contributed by atoms with Crippen LogP contribution in [0.15, 0.2) is 18.6 Å². The minimum absolute atomic E-state index is 0.00853. The van der Waals surface area contributed by atoms with Crippen molar-refractivity contribution in [1.82, 2.24) is 25.3 Å². The zero-order chi connectivity index (χ0) is 17.1. The summed E-state index contributed by atoms with van der Waals surface area (Å²) in [4.78, 5) is 23.5. The highest BCUT2D eigenvalue weighted by molar-refractivity contribution is 5.99. The van der Waals surface area contributed by atoms with E-state index in [0.29, 0.717) is 36.9 Å². The number of aryl methyl sites for hydroxylation is 1. The van der Waals surface area contributed by atoms with Crippen LogP contribution in [0.4, 0.5) is 0 Å². The summed E-state index contributed by atoms with van der Waals surface area (Å²) in [5.41, 5.74) is 1.94. The Balaban J connectivity index is 1.66. The van der Waals surface area contributed by atoms with Crippen LogP contribution >= 0.6 is 0 Å². The molecule has 2 aromatic rings. The number of nitrogens with one attached hydrogen (secondary N) is 2. The van der Waals surface area contributed by atoms with E-state index in [1.165, 1.54) is 6.20 Å². The summed E-state index contributed by atoms with van der Waals surface area (Å²) in [6.07, 6.45) is 7.64. The van der Waals surface area contributed by atoms with E-state index >= 15 is 0 Å². The molecule has 128 valence electrons. The molecule has 8 heteroatoms. The molecular formula is C16H21N5O3. The third-order valence-corrected chi connectivity index (χ3v) is 4.54. The third-order valence-electron chi connectivity index (χ3n) is 4.54. The number of hydrogen-bond acceptors (Lipinski definition) is 4. The Labute approximate surface area is 139 Å². The van der Waals surface area contributed by atoms with Crippen LogP contribution in [0, 0.1) is 5.92 Å². The van der Waals surface area contributed by atoms with Crippen LogP contribution in [0.3, 0.4) is 0 Å². The van der Waals surface area contributed by atoms with Gasteiger partial charge < -0.3 is 10.4 Å². The van der Waals surface area contributed by atoms with E-state index in [-0.39, 0.29) is 17.9 Å². The maximum atomic E-state index is 12.5. The molecule has 24 heavy (non-hydrogen) atoms. The van der Waals surface area contributed by atoms with Crippen molar-refractivity contribution in [2.24, 2.45) is 5.92 Å². The Kier molecular flexibility index (Phi) is 4.64. The monoisotopic (exact) mass is 331 g/mol. The predicted molar refractivity (Wildman–Crippen MR) is 86.3 cm³/mol. The van der Waals surface area contributed by atoms with Gasteiger partial charge in [-0.25, -0.2) is 0 Å². The summed E-state index contributed by atoms with van der Waals surface area (Å²) in [5, 5.41) is 23.1. The highest BCUT2D eigenvalue weighted by Gasteiger charge is 2.27. The molecule has 0 aromatic carbocycles. The molecule has 0 aliphatic heterocycles. The number of carbonyl (C=O) groups excluding carboxylic acids is 1. The molecule has 1 aliphatic carbocycles. The van der Waals surface area contributed by atoms with Gasteiger partial charge in [0.2, 0.25) is 0 Å². The number of carboxylic acids is 1. The van der Waals surface area contributed by atoms with Gasteiger partial charge in [0.15, 0.2) is 0 Å². The smallest absolute Gasteiger partial charge is 0.306 e. The zero-order valence-corrected chi connectivity index (χ0v) is 13.5. The number of H-pyrrole nitrogens is 1. The number of carbonyl (C=O) groups is 2. The molecule has 0 unspecified atom stereocenters. The minimum Gasteiger partial charge on any atom is -0.481 e. The van der Waals surface area contributed by atoms with Crippen LogP contribution in [0.25, 0.3) is 11.3 Å². The highest BCUT2D eigenvalue weighted by Crippen LogP contribution is 2.25. The Morgan fingerprint density at radius 2 is 2.08 bits per heavy atom. The fraction of sp³-hybridized carbons (Fsp3) is 0.500. The highest BCUT2D eigenvalue weighted by atomic mass is 16.4. The summed E-state index contributed by atoms with van der Waals surface area (Å²) in [7, 11) is 0. The van der Waals surface area contributed by atoms with Gasteiger partial charge in [-0.15, -0.1) is 0 Å². The lowest BCUT2D eigenvalue weighted by Crippen LogP contribution is -2.38. The number of amides is 1. The topological polar surface area (TPSA) is 113 Å². The lowest BCUT2D eigenvalue weighted by atomic mass is 9.86. The molecule has 1 saturated carbocycles. The minimum atomic E-state index is -0.746. The lowest BCUT2D eigenvalue weighted by Gasteiger charge is -2.26. The molecule has 0 atom stereocenters. The summed E-state index contributed by atoms with van der Waals surface area (Å²) >= 11 is 0. The van der Waals surface area contributed by atoms with Gasteiger partial charge in [-0.05, 0) is 32.6 Å². The molecule has 2 heterocycles. The first-order valence-electron chi connectivity index (χ1n) is 8.18. The van der Waals surface area contributed by atoms with E-state index in [4.69, 9.17) is 5.11 Å². The van der Waals surface area contributed by atoms with Crippen molar-refractivity contribution in [3.8, 4) is 11.3 Å². The standard InChI is InChI=1S/C16H21N5O3/c1-2-21-9-11(7-18-21)14-13(8-17-20-14)15(22)19-12-5-3-10(4-6-12)16(23)24/h7-10,12H,2-6H2,1H3,(H,17,20)(H,19,22)(H,23,24). The fourth-order valence-electron chi connectivity index (χ4n) is 3.09. The van der Waals surface area contributed by atoms with Gasteiger partial charge in [0.05, 0.1) is 29.6 Å². The maximum Gasteiger partial charge on any atom is 0.306 e. The Morgan fingerprint density at radius 1 is 1.33 bits per heavy atom. The zero-order valence-electron chi connectivity index (χ0n) is 13.5. The first-order valence-corrected chi connectivity index (χ1v) is 8.18. The number of aliphatic carboxylic acids is 1. The van der Waals surface area contributed by atoms with Crippen molar-refractivity contribution >= 4 is 11.9 Å². The Bertz CT molecular complexity index is 728. The van der Waals surface area contributed by atoms with Gasteiger partial charge >= 0.3 is 5.97 Å². The van der Waals surface area contributed by atoms with Crippen LogP contribution in [0.1, 0.15) is 43.0 Å². The molecule has 8 nitrogen and oxygen atoms in total. The molecule has 0 spiro atoms. The van der Waals surface area contributed by atoms with Crippen molar-refractivity contribution in [3.05, 3.63) is 24.2 Å². The van der Waals surface area contributed by atoms with E-state index in [9.17, 15) is 9.59 Å². The fourth-order valence-corrected chi connectivity index (χ4v) is 3.09. The van der Waals surface area contributed by atoms with Gasteiger partial charge in [-0.2, -0.15) is 10.2 Å². The van der Waals surface area contributed by atoms with Crippen molar-refractivity contribution in [3.63, 3.8) is 0 Å². The second-order valence-corrected chi connectivity index (χ2v) is 6.10. The Morgan fingerprint density at radius 3 is 2.71 bits per heavy atom.